The highest BCUT2D eigenvalue weighted by Crippen LogP contribution is 2.34. The number of aliphatic imine (C=N–C) groups is 1. The van der Waals surface area contributed by atoms with Gasteiger partial charge in [0.05, 0.1) is 0 Å². The fourth-order valence-electron chi connectivity index (χ4n) is 2.82. The summed E-state index contributed by atoms with van der Waals surface area (Å²) in [7, 11) is 1.81. The van der Waals surface area contributed by atoms with E-state index in [1.54, 1.807) is 0 Å². The van der Waals surface area contributed by atoms with Crippen molar-refractivity contribution in [1.82, 2.24) is 20.8 Å². The summed E-state index contributed by atoms with van der Waals surface area (Å²) >= 11 is 0. The van der Waals surface area contributed by atoms with E-state index >= 15 is 0 Å². The average Bonchev–Trinajstić information content (AvgIpc) is 2.97. The number of guanidine groups is 1. The van der Waals surface area contributed by atoms with Gasteiger partial charge in [0.15, 0.2) is 11.8 Å². The Morgan fingerprint density at radius 1 is 1.35 bits per heavy atom. The first-order valence-corrected chi connectivity index (χ1v) is 8.69. The van der Waals surface area contributed by atoms with Gasteiger partial charge in [-0.25, -0.2) is 0 Å². The lowest BCUT2D eigenvalue weighted by molar-refractivity contribution is 0.216. The first-order chi connectivity index (χ1) is 10.9. The summed E-state index contributed by atoms with van der Waals surface area (Å²) in [6.45, 7) is 9.56. The zero-order valence-electron chi connectivity index (χ0n) is 15.1. The second kappa shape index (κ2) is 7.79. The van der Waals surface area contributed by atoms with Crippen LogP contribution in [-0.4, -0.2) is 35.7 Å². The number of rotatable bonds is 5. The molecule has 0 saturated heterocycles. The molecule has 0 bridgehead atoms. The molecular weight excluding hydrogens is 290 g/mol. The molecule has 2 N–H and O–H groups in total. The fraction of sp³-hybridized carbons (Fsp3) is 0.824. The van der Waals surface area contributed by atoms with Crippen molar-refractivity contribution >= 4 is 5.96 Å². The van der Waals surface area contributed by atoms with Crippen LogP contribution in [-0.2, 0) is 6.42 Å². The highest BCUT2D eigenvalue weighted by atomic mass is 16.5. The minimum absolute atomic E-state index is 0.297. The molecule has 1 aromatic heterocycles. The SMILES string of the molecule is CN=C(NCCc1nc(C(C)C)no1)NC1CCC(C)(C)CC1. The van der Waals surface area contributed by atoms with Crippen molar-refractivity contribution in [2.75, 3.05) is 13.6 Å². The summed E-state index contributed by atoms with van der Waals surface area (Å²) < 4.78 is 5.25. The largest absolute Gasteiger partial charge is 0.356 e. The van der Waals surface area contributed by atoms with Crippen molar-refractivity contribution in [2.45, 2.75) is 71.8 Å². The molecule has 1 aliphatic carbocycles. The smallest absolute Gasteiger partial charge is 0.228 e. The Balaban J connectivity index is 1.73. The standard InChI is InChI=1S/C17H31N5O/c1-12(2)15-21-14(23-22-15)8-11-19-16(18-5)20-13-6-9-17(3,4)10-7-13/h12-13H,6-11H2,1-5H3,(H2,18,19,20). The summed E-state index contributed by atoms with van der Waals surface area (Å²) in [5.41, 5.74) is 0.487. The lowest BCUT2D eigenvalue weighted by Crippen LogP contribution is -2.46. The van der Waals surface area contributed by atoms with E-state index in [4.69, 9.17) is 4.52 Å². The van der Waals surface area contributed by atoms with Crippen LogP contribution < -0.4 is 10.6 Å². The molecule has 0 aliphatic heterocycles. The van der Waals surface area contributed by atoms with Crippen LogP contribution in [0.3, 0.4) is 0 Å². The first kappa shape index (κ1) is 17.8. The Morgan fingerprint density at radius 3 is 2.61 bits per heavy atom. The van der Waals surface area contributed by atoms with E-state index in [-0.39, 0.29) is 0 Å². The van der Waals surface area contributed by atoms with Gasteiger partial charge in [0.1, 0.15) is 0 Å². The maximum absolute atomic E-state index is 5.25. The van der Waals surface area contributed by atoms with Gasteiger partial charge in [-0.05, 0) is 31.1 Å². The molecule has 1 saturated carbocycles. The van der Waals surface area contributed by atoms with E-state index < -0.39 is 0 Å². The van der Waals surface area contributed by atoms with Crippen LogP contribution in [0.2, 0.25) is 0 Å². The van der Waals surface area contributed by atoms with Crippen LogP contribution in [0.15, 0.2) is 9.52 Å². The zero-order chi connectivity index (χ0) is 16.9. The summed E-state index contributed by atoms with van der Waals surface area (Å²) in [6.07, 6.45) is 5.64. The van der Waals surface area contributed by atoms with Gasteiger partial charge in [-0.2, -0.15) is 4.98 Å². The van der Waals surface area contributed by atoms with Gasteiger partial charge in [0, 0.05) is 32.0 Å². The molecule has 1 aromatic rings. The van der Waals surface area contributed by atoms with E-state index in [0.29, 0.717) is 29.7 Å². The topological polar surface area (TPSA) is 75.3 Å². The summed E-state index contributed by atoms with van der Waals surface area (Å²) in [5, 5.41) is 10.8. The van der Waals surface area contributed by atoms with Crippen LogP contribution in [0.25, 0.3) is 0 Å². The van der Waals surface area contributed by atoms with Crippen molar-refractivity contribution in [3.63, 3.8) is 0 Å². The van der Waals surface area contributed by atoms with Crippen LogP contribution in [0.4, 0.5) is 0 Å². The lowest BCUT2D eigenvalue weighted by Gasteiger charge is -2.35. The lowest BCUT2D eigenvalue weighted by atomic mass is 9.75. The Morgan fingerprint density at radius 2 is 2.04 bits per heavy atom. The summed E-state index contributed by atoms with van der Waals surface area (Å²) in [5.74, 6) is 2.60. The highest BCUT2D eigenvalue weighted by molar-refractivity contribution is 5.79. The molecule has 2 rings (SSSR count). The van der Waals surface area contributed by atoms with Gasteiger partial charge in [-0.15, -0.1) is 0 Å². The fourth-order valence-corrected chi connectivity index (χ4v) is 2.82. The molecule has 1 aliphatic rings. The predicted octanol–water partition coefficient (Wildman–Crippen LogP) is 2.87. The second-order valence-corrected chi connectivity index (χ2v) is 7.53. The molecule has 0 spiro atoms. The number of hydrogen-bond acceptors (Lipinski definition) is 4. The van der Waals surface area contributed by atoms with Gasteiger partial charge in [0.25, 0.3) is 0 Å². The Kier molecular flexibility index (Phi) is 6.02. The van der Waals surface area contributed by atoms with E-state index in [1.807, 2.05) is 7.05 Å². The molecule has 130 valence electrons. The Hall–Kier alpha value is -1.59. The monoisotopic (exact) mass is 321 g/mol. The van der Waals surface area contributed by atoms with Gasteiger partial charge in [-0.1, -0.05) is 32.9 Å². The molecule has 1 fully saturated rings. The van der Waals surface area contributed by atoms with Crippen molar-refractivity contribution < 1.29 is 4.52 Å². The van der Waals surface area contributed by atoms with Crippen molar-refractivity contribution in [3.8, 4) is 0 Å². The van der Waals surface area contributed by atoms with Crippen LogP contribution in [0.1, 0.15) is 71.0 Å². The maximum atomic E-state index is 5.25. The molecule has 6 heteroatoms. The molecule has 0 amide bonds. The van der Waals surface area contributed by atoms with Crippen LogP contribution in [0.5, 0.6) is 0 Å². The van der Waals surface area contributed by atoms with Crippen molar-refractivity contribution in [2.24, 2.45) is 10.4 Å². The minimum atomic E-state index is 0.297. The first-order valence-electron chi connectivity index (χ1n) is 8.69. The normalized spacial score (nSPS) is 19.1. The predicted molar refractivity (Wildman–Crippen MR) is 92.6 cm³/mol. The quantitative estimate of drug-likeness (QED) is 0.644. The maximum Gasteiger partial charge on any atom is 0.228 e. The van der Waals surface area contributed by atoms with Crippen LogP contribution >= 0.6 is 0 Å². The van der Waals surface area contributed by atoms with E-state index in [2.05, 4.69) is 53.5 Å². The molecule has 0 aromatic carbocycles. The van der Waals surface area contributed by atoms with Crippen LogP contribution in [0, 0.1) is 5.41 Å². The van der Waals surface area contributed by atoms with E-state index in [0.717, 1.165) is 18.3 Å². The number of aromatic nitrogens is 2. The molecule has 0 unspecified atom stereocenters. The number of hydrogen-bond donors (Lipinski definition) is 2. The minimum Gasteiger partial charge on any atom is -0.356 e. The second-order valence-electron chi connectivity index (χ2n) is 7.53. The molecule has 0 radical (unpaired) electrons. The average molecular weight is 321 g/mol. The molecular formula is C17H31N5O. The number of nitrogens with zero attached hydrogens (tertiary/aromatic N) is 3. The van der Waals surface area contributed by atoms with Gasteiger partial charge in [-0.3, -0.25) is 4.99 Å². The van der Waals surface area contributed by atoms with E-state index in [1.165, 1.54) is 25.7 Å². The van der Waals surface area contributed by atoms with Crippen molar-refractivity contribution in [1.29, 1.82) is 0 Å². The van der Waals surface area contributed by atoms with Gasteiger partial charge in [0.2, 0.25) is 5.89 Å². The number of nitrogens with one attached hydrogen (secondary N) is 2. The Labute approximate surface area is 139 Å². The third-order valence-corrected chi connectivity index (χ3v) is 4.54. The third kappa shape index (κ3) is 5.52. The van der Waals surface area contributed by atoms with Gasteiger partial charge < -0.3 is 15.2 Å². The molecule has 6 nitrogen and oxygen atoms in total. The molecule has 1 heterocycles. The van der Waals surface area contributed by atoms with Crippen molar-refractivity contribution in [3.05, 3.63) is 11.7 Å². The molecule has 0 atom stereocenters. The molecule has 23 heavy (non-hydrogen) atoms. The third-order valence-electron chi connectivity index (χ3n) is 4.54. The summed E-state index contributed by atoms with van der Waals surface area (Å²) in [4.78, 5) is 8.70. The zero-order valence-corrected chi connectivity index (χ0v) is 15.1. The highest BCUT2D eigenvalue weighted by Gasteiger charge is 2.27. The summed E-state index contributed by atoms with van der Waals surface area (Å²) in [6, 6.07) is 0.519. The van der Waals surface area contributed by atoms with Gasteiger partial charge >= 0.3 is 0 Å². The Bertz CT molecular complexity index is 511. The van der Waals surface area contributed by atoms with E-state index in [9.17, 15) is 0 Å².